The first-order valence-corrected chi connectivity index (χ1v) is 12.0. The first-order valence-electron chi connectivity index (χ1n) is 12.0. The van der Waals surface area contributed by atoms with Gasteiger partial charge in [-0.1, -0.05) is 18.1 Å². The number of fused-ring (bicyclic) bond motifs is 1. The van der Waals surface area contributed by atoms with Crippen LogP contribution in [0.4, 0.5) is 5.69 Å². The Morgan fingerprint density at radius 2 is 1.89 bits per heavy atom. The highest BCUT2D eigenvalue weighted by Crippen LogP contribution is 2.31. The number of nitrogens with one attached hydrogen (secondary N) is 2. The second-order valence-corrected chi connectivity index (χ2v) is 9.35. The van der Waals surface area contributed by atoms with Crippen LogP contribution in [0, 0.1) is 25.7 Å². The van der Waals surface area contributed by atoms with Gasteiger partial charge in [-0.2, -0.15) is 0 Å². The molecule has 0 unspecified atom stereocenters. The van der Waals surface area contributed by atoms with Gasteiger partial charge in [-0.15, -0.1) is 0 Å². The number of benzene rings is 2. The van der Waals surface area contributed by atoms with Crippen molar-refractivity contribution < 1.29 is 4.79 Å². The smallest absolute Gasteiger partial charge is 0.255 e. The number of H-pyrrole nitrogens is 1. The van der Waals surface area contributed by atoms with E-state index in [9.17, 15) is 4.79 Å². The van der Waals surface area contributed by atoms with Crippen LogP contribution in [0.2, 0.25) is 0 Å². The van der Waals surface area contributed by atoms with Crippen molar-refractivity contribution in [2.45, 2.75) is 32.6 Å². The second-order valence-electron chi connectivity index (χ2n) is 9.35. The monoisotopic (exact) mass is 463 g/mol. The van der Waals surface area contributed by atoms with Gasteiger partial charge < -0.3 is 15.2 Å². The molecule has 0 radical (unpaired) electrons. The van der Waals surface area contributed by atoms with E-state index in [1.807, 2.05) is 37.3 Å². The molecule has 0 atom stereocenters. The summed E-state index contributed by atoms with van der Waals surface area (Å²) in [7, 11) is 2.18. The molecule has 1 amide bonds. The summed E-state index contributed by atoms with van der Waals surface area (Å²) in [5.41, 5.74) is 7.91. The van der Waals surface area contributed by atoms with E-state index in [0.29, 0.717) is 17.2 Å². The van der Waals surface area contributed by atoms with E-state index in [-0.39, 0.29) is 5.91 Å². The average molecular weight is 464 g/mol. The molecule has 0 aliphatic carbocycles. The molecule has 2 aromatic heterocycles. The Morgan fingerprint density at radius 3 is 2.69 bits per heavy atom. The third-order valence-electron chi connectivity index (χ3n) is 6.77. The number of piperidine rings is 1. The Bertz CT molecular complexity index is 1450. The van der Waals surface area contributed by atoms with Gasteiger partial charge in [-0.3, -0.25) is 4.79 Å². The van der Waals surface area contributed by atoms with Crippen molar-refractivity contribution in [2.75, 3.05) is 25.5 Å². The number of carbonyl (C=O) groups excluding carboxylic acids is 1. The highest BCUT2D eigenvalue weighted by Gasteiger charge is 2.20. The maximum atomic E-state index is 13.0. The Kier molecular flexibility index (Phi) is 6.35. The van der Waals surface area contributed by atoms with E-state index < -0.39 is 0 Å². The Morgan fingerprint density at radius 1 is 1.06 bits per heavy atom. The normalized spacial score (nSPS) is 14.5. The molecule has 1 fully saturated rings. The summed E-state index contributed by atoms with van der Waals surface area (Å²) in [5, 5.41) is 3.05. The fraction of sp³-hybridized carbons (Fsp3) is 0.276. The molecule has 3 heterocycles. The summed E-state index contributed by atoms with van der Waals surface area (Å²) >= 11 is 0. The average Bonchev–Trinajstić information content (AvgIpc) is 3.32. The van der Waals surface area contributed by atoms with Crippen molar-refractivity contribution in [3.05, 3.63) is 88.4 Å². The number of carbonyl (C=O) groups is 1. The highest BCUT2D eigenvalue weighted by molar-refractivity contribution is 6.04. The number of nitrogens with zero attached hydrogens (tertiary/aromatic N) is 3. The van der Waals surface area contributed by atoms with E-state index in [1.165, 1.54) is 24.0 Å². The molecule has 1 saturated heterocycles. The van der Waals surface area contributed by atoms with Gasteiger partial charge >= 0.3 is 0 Å². The standard InChI is InChI=1S/C29H29N5O/c1-19-4-5-23(17-22(19)6-7-25-18-31-28-27(32-25)10-13-30-28)29(35)33-24-8-9-26(20(2)16-24)21-11-14-34(3)15-12-21/h4-5,8-10,13,16-18,21H,11-12,14-15H2,1-3H3,(H,30,31)(H,33,35). The van der Waals surface area contributed by atoms with Crippen LogP contribution < -0.4 is 5.32 Å². The number of likely N-dealkylation sites (tertiary alicyclic amines) is 1. The zero-order valence-electron chi connectivity index (χ0n) is 20.4. The van der Waals surface area contributed by atoms with Gasteiger partial charge in [0.15, 0.2) is 5.65 Å². The van der Waals surface area contributed by atoms with Crippen LogP contribution in [0.15, 0.2) is 54.9 Å². The Labute approximate surface area is 205 Å². The Balaban J connectivity index is 1.31. The van der Waals surface area contributed by atoms with Crippen LogP contribution in [-0.4, -0.2) is 45.9 Å². The predicted molar refractivity (Wildman–Crippen MR) is 140 cm³/mol. The lowest BCUT2D eigenvalue weighted by molar-refractivity contribution is 0.102. The molecule has 2 N–H and O–H groups in total. The van der Waals surface area contributed by atoms with Gasteiger partial charge in [0.25, 0.3) is 5.91 Å². The van der Waals surface area contributed by atoms with Crippen molar-refractivity contribution >= 4 is 22.8 Å². The van der Waals surface area contributed by atoms with Crippen molar-refractivity contribution in [3.8, 4) is 11.8 Å². The first kappa shape index (κ1) is 22.8. The number of aryl methyl sites for hydroxylation is 2. The number of hydrogen-bond donors (Lipinski definition) is 2. The minimum absolute atomic E-state index is 0.145. The van der Waals surface area contributed by atoms with E-state index >= 15 is 0 Å². The number of rotatable bonds is 3. The largest absolute Gasteiger partial charge is 0.345 e. The molecule has 5 rings (SSSR count). The SMILES string of the molecule is Cc1ccc(C(=O)Nc2ccc(C3CCN(C)CC3)c(C)c2)cc1C#Cc1cnc2[nH]ccc2n1. The fourth-order valence-electron chi connectivity index (χ4n) is 4.65. The molecule has 0 bridgehead atoms. The van der Waals surface area contributed by atoms with Gasteiger partial charge in [0, 0.05) is 23.0 Å². The lowest BCUT2D eigenvalue weighted by Gasteiger charge is -2.30. The summed E-state index contributed by atoms with van der Waals surface area (Å²) in [5.74, 6) is 6.68. The number of anilines is 1. The zero-order chi connectivity index (χ0) is 24.4. The number of hydrogen-bond acceptors (Lipinski definition) is 4. The lowest BCUT2D eigenvalue weighted by atomic mass is 9.87. The Hall–Kier alpha value is -3.95. The van der Waals surface area contributed by atoms with Crippen LogP contribution >= 0.6 is 0 Å². The first-order chi connectivity index (χ1) is 17.0. The number of aromatic amines is 1. The van der Waals surface area contributed by atoms with Crippen LogP contribution in [0.1, 0.15) is 57.1 Å². The minimum Gasteiger partial charge on any atom is -0.345 e. The fourth-order valence-corrected chi connectivity index (χ4v) is 4.65. The summed E-state index contributed by atoms with van der Waals surface area (Å²) < 4.78 is 0. The van der Waals surface area contributed by atoms with E-state index in [4.69, 9.17) is 0 Å². The summed E-state index contributed by atoms with van der Waals surface area (Å²) in [6.07, 6.45) is 5.81. The van der Waals surface area contributed by atoms with Gasteiger partial charge in [0.05, 0.1) is 6.20 Å². The molecule has 1 aliphatic heterocycles. The maximum Gasteiger partial charge on any atom is 0.255 e. The summed E-state index contributed by atoms with van der Waals surface area (Å²) in [4.78, 5) is 27.2. The van der Waals surface area contributed by atoms with Crippen molar-refractivity contribution in [1.29, 1.82) is 0 Å². The summed E-state index contributed by atoms with van der Waals surface area (Å²) in [6, 6.07) is 13.7. The predicted octanol–water partition coefficient (Wildman–Crippen LogP) is 5.04. The van der Waals surface area contributed by atoms with Gasteiger partial charge in [0.2, 0.25) is 0 Å². The topological polar surface area (TPSA) is 73.9 Å². The minimum atomic E-state index is -0.145. The van der Waals surface area contributed by atoms with Crippen molar-refractivity contribution in [2.24, 2.45) is 0 Å². The molecule has 6 nitrogen and oxygen atoms in total. The van der Waals surface area contributed by atoms with Crippen LogP contribution in [-0.2, 0) is 0 Å². The molecular formula is C29H29N5O. The molecule has 6 heteroatoms. The van der Waals surface area contributed by atoms with Crippen molar-refractivity contribution in [3.63, 3.8) is 0 Å². The molecule has 1 aliphatic rings. The van der Waals surface area contributed by atoms with Crippen LogP contribution in [0.3, 0.4) is 0 Å². The number of amides is 1. The molecule has 0 spiro atoms. The third kappa shape index (κ3) is 5.11. The van der Waals surface area contributed by atoms with Gasteiger partial charge in [0.1, 0.15) is 11.2 Å². The van der Waals surface area contributed by atoms with E-state index in [0.717, 1.165) is 41.1 Å². The van der Waals surface area contributed by atoms with E-state index in [1.54, 1.807) is 12.4 Å². The molecule has 35 heavy (non-hydrogen) atoms. The molecule has 0 saturated carbocycles. The molecule has 2 aromatic carbocycles. The molecule has 176 valence electrons. The van der Waals surface area contributed by atoms with Crippen LogP contribution in [0.25, 0.3) is 11.2 Å². The highest BCUT2D eigenvalue weighted by atomic mass is 16.1. The summed E-state index contributed by atoms with van der Waals surface area (Å²) in [6.45, 7) is 6.39. The van der Waals surface area contributed by atoms with Crippen LogP contribution in [0.5, 0.6) is 0 Å². The van der Waals surface area contributed by atoms with Crippen molar-refractivity contribution in [1.82, 2.24) is 19.9 Å². The molecule has 4 aromatic rings. The lowest BCUT2D eigenvalue weighted by Crippen LogP contribution is -2.29. The van der Waals surface area contributed by atoms with Gasteiger partial charge in [-0.05, 0) is 106 Å². The number of aromatic nitrogens is 3. The molecular weight excluding hydrogens is 434 g/mol. The maximum absolute atomic E-state index is 13.0. The third-order valence-corrected chi connectivity index (χ3v) is 6.77. The van der Waals surface area contributed by atoms with Gasteiger partial charge in [-0.25, -0.2) is 9.97 Å². The quantitative estimate of drug-likeness (QED) is 0.418. The zero-order valence-corrected chi connectivity index (χ0v) is 20.4. The second kappa shape index (κ2) is 9.73. The van der Waals surface area contributed by atoms with E-state index in [2.05, 4.69) is 63.1 Å².